The molecule has 2 heterocycles. The summed E-state index contributed by atoms with van der Waals surface area (Å²) < 4.78 is 71.4. The molecule has 6 nitrogen and oxygen atoms in total. The number of rotatable bonds is 6. The third-order valence-corrected chi connectivity index (χ3v) is 5.55. The van der Waals surface area contributed by atoms with E-state index in [4.69, 9.17) is 0 Å². The van der Waals surface area contributed by atoms with Crippen molar-refractivity contribution in [1.29, 1.82) is 0 Å². The van der Waals surface area contributed by atoms with Gasteiger partial charge in [-0.05, 0) is 48.2 Å². The third kappa shape index (κ3) is 5.14. The monoisotopic (exact) mass is 504 g/mol. The van der Waals surface area contributed by atoms with Crippen LogP contribution in [-0.2, 0) is 6.18 Å². The number of aromatic nitrogens is 3. The van der Waals surface area contributed by atoms with Gasteiger partial charge in [-0.1, -0.05) is 38.1 Å². The number of carbonyl (C=O) groups excluding carboxylic acids is 1. The first-order valence-corrected chi connectivity index (χ1v) is 10.9. The Labute approximate surface area is 202 Å². The van der Waals surface area contributed by atoms with Gasteiger partial charge in [-0.2, -0.15) is 27.1 Å². The highest BCUT2D eigenvalue weighted by Gasteiger charge is 2.36. The quantitative estimate of drug-likeness (QED) is 0.297. The number of carbonyl (C=O) groups is 1. The van der Waals surface area contributed by atoms with Crippen molar-refractivity contribution in [2.45, 2.75) is 39.5 Å². The SMILES string of the molecule is Cc1cc(OC(F)F)ccc1NC(=O)c1cnn2c(C(F)(F)F)cc(-c3ccc(C(C)C)cc3)nc12. The molecular formula is C25H21F5N4O2. The van der Waals surface area contributed by atoms with Gasteiger partial charge < -0.3 is 10.1 Å². The van der Waals surface area contributed by atoms with Crippen molar-refractivity contribution in [2.24, 2.45) is 0 Å². The van der Waals surface area contributed by atoms with E-state index >= 15 is 0 Å². The molecule has 188 valence electrons. The van der Waals surface area contributed by atoms with Crippen LogP contribution < -0.4 is 10.1 Å². The Hall–Kier alpha value is -4.02. The second-order valence-corrected chi connectivity index (χ2v) is 8.40. The summed E-state index contributed by atoms with van der Waals surface area (Å²) in [5.41, 5.74) is 0.619. The number of amides is 1. The maximum Gasteiger partial charge on any atom is 0.433 e. The zero-order chi connectivity index (χ0) is 26.2. The van der Waals surface area contributed by atoms with Crippen molar-refractivity contribution in [1.82, 2.24) is 14.6 Å². The highest BCUT2D eigenvalue weighted by Crippen LogP contribution is 2.33. The molecule has 0 aliphatic rings. The lowest BCUT2D eigenvalue weighted by atomic mass is 10.0. The molecular weight excluding hydrogens is 483 g/mol. The summed E-state index contributed by atoms with van der Waals surface area (Å²) in [6.07, 6.45) is -3.76. The summed E-state index contributed by atoms with van der Waals surface area (Å²) >= 11 is 0. The molecule has 4 rings (SSSR count). The molecule has 0 fully saturated rings. The topological polar surface area (TPSA) is 68.5 Å². The van der Waals surface area contributed by atoms with Crippen LogP contribution in [0.1, 0.15) is 46.9 Å². The fraction of sp³-hybridized carbons (Fsp3) is 0.240. The Balaban J connectivity index is 1.74. The Bertz CT molecular complexity index is 1410. The molecule has 0 saturated heterocycles. The minimum absolute atomic E-state index is 0.0318. The van der Waals surface area contributed by atoms with Gasteiger partial charge in [0.1, 0.15) is 11.3 Å². The molecule has 0 bridgehead atoms. The molecule has 0 aliphatic heterocycles. The number of nitrogens with one attached hydrogen (secondary N) is 1. The summed E-state index contributed by atoms with van der Waals surface area (Å²) in [5, 5.41) is 6.33. The van der Waals surface area contributed by atoms with Crippen molar-refractivity contribution >= 4 is 17.2 Å². The van der Waals surface area contributed by atoms with Crippen molar-refractivity contribution in [3.63, 3.8) is 0 Å². The van der Waals surface area contributed by atoms with Crippen LogP contribution in [0.25, 0.3) is 16.9 Å². The molecule has 0 aliphatic carbocycles. The number of fused-ring (bicyclic) bond motifs is 1. The fourth-order valence-corrected chi connectivity index (χ4v) is 3.65. The molecule has 1 N–H and O–H groups in total. The molecule has 2 aromatic heterocycles. The van der Waals surface area contributed by atoms with Crippen LogP contribution in [0.2, 0.25) is 0 Å². The van der Waals surface area contributed by atoms with Crippen molar-refractivity contribution < 1.29 is 31.5 Å². The Morgan fingerprint density at radius 1 is 1.06 bits per heavy atom. The number of benzene rings is 2. The number of aryl methyl sites for hydroxylation is 1. The Kier molecular flexibility index (Phi) is 6.66. The molecule has 0 saturated carbocycles. The molecule has 0 unspecified atom stereocenters. The first kappa shape index (κ1) is 25.1. The van der Waals surface area contributed by atoms with E-state index in [1.54, 1.807) is 19.1 Å². The van der Waals surface area contributed by atoms with E-state index in [0.717, 1.165) is 17.8 Å². The molecule has 11 heteroatoms. The van der Waals surface area contributed by atoms with Crippen molar-refractivity contribution in [2.75, 3.05) is 5.32 Å². The zero-order valence-corrected chi connectivity index (χ0v) is 19.4. The van der Waals surface area contributed by atoms with Gasteiger partial charge >= 0.3 is 12.8 Å². The molecule has 0 spiro atoms. The number of halogens is 5. The molecule has 0 radical (unpaired) electrons. The van der Waals surface area contributed by atoms with Gasteiger partial charge in [0.05, 0.1) is 11.9 Å². The number of hydrogen-bond acceptors (Lipinski definition) is 4. The van der Waals surface area contributed by atoms with E-state index in [1.807, 2.05) is 26.0 Å². The minimum atomic E-state index is -4.76. The van der Waals surface area contributed by atoms with E-state index < -0.39 is 24.4 Å². The highest BCUT2D eigenvalue weighted by atomic mass is 19.4. The number of hydrogen-bond donors (Lipinski definition) is 1. The predicted octanol–water partition coefficient (Wildman–Crippen LogP) is 6.70. The van der Waals surface area contributed by atoms with Crippen LogP contribution in [0.15, 0.2) is 54.7 Å². The first-order valence-electron chi connectivity index (χ1n) is 10.9. The second-order valence-electron chi connectivity index (χ2n) is 8.40. The number of ether oxygens (including phenoxy) is 1. The average Bonchev–Trinajstić information content (AvgIpc) is 3.23. The summed E-state index contributed by atoms with van der Waals surface area (Å²) in [6, 6.07) is 11.8. The van der Waals surface area contributed by atoms with E-state index in [0.29, 0.717) is 15.6 Å². The fourth-order valence-electron chi connectivity index (χ4n) is 3.65. The Morgan fingerprint density at radius 2 is 1.75 bits per heavy atom. The normalized spacial score (nSPS) is 11.9. The first-order chi connectivity index (χ1) is 16.9. The van der Waals surface area contributed by atoms with Gasteiger partial charge in [-0.15, -0.1) is 0 Å². The average molecular weight is 504 g/mol. The Morgan fingerprint density at radius 3 is 2.33 bits per heavy atom. The molecule has 0 atom stereocenters. The predicted molar refractivity (Wildman–Crippen MR) is 123 cm³/mol. The number of anilines is 1. The van der Waals surface area contributed by atoms with Gasteiger partial charge in [0.2, 0.25) is 0 Å². The lowest BCUT2D eigenvalue weighted by Gasteiger charge is -2.13. The van der Waals surface area contributed by atoms with Crippen LogP contribution in [0.4, 0.5) is 27.6 Å². The maximum atomic E-state index is 13.9. The minimum Gasteiger partial charge on any atom is -0.435 e. The summed E-state index contributed by atoms with van der Waals surface area (Å²) in [7, 11) is 0. The lowest BCUT2D eigenvalue weighted by Crippen LogP contribution is -2.16. The van der Waals surface area contributed by atoms with Gasteiger partial charge in [-0.3, -0.25) is 4.79 Å². The van der Waals surface area contributed by atoms with Gasteiger partial charge in [-0.25, -0.2) is 9.50 Å². The maximum absolute atomic E-state index is 13.9. The zero-order valence-electron chi connectivity index (χ0n) is 19.4. The molecule has 4 aromatic rings. The van der Waals surface area contributed by atoms with E-state index in [2.05, 4.69) is 20.1 Å². The summed E-state index contributed by atoms with van der Waals surface area (Å²) in [5.74, 6) is -0.616. The van der Waals surface area contributed by atoms with Crippen LogP contribution in [0, 0.1) is 6.92 Å². The number of alkyl halides is 5. The van der Waals surface area contributed by atoms with Crippen molar-refractivity contribution in [3.8, 4) is 17.0 Å². The van der Waals surface area contributed by atoms with Gasteiger partial charge in [0.15, 0.2) is 11.3 Å². The highest BCUT2D eigenvalue weighted by molar-refractivity contribution is 6.08. The standard InChI is InChI=1S/C25H21F5N4O2/c1-13(2)15-4-6-16(7-5-15)20-11-21(25(28,29)30)34-22(32-20)18(12-31-34)23(35)33-19-9-8-17(10-14(19)3)36-24(26)27/h4-13,24H,1-3H3,(H,33,35). The van der Waals surface area contributed by atoms with Crippen molar-refractivity contribution in [3.05, 3.63) is 77.1 Å². The van der Waals surface area contributed by atoms with E-state index in [-0.39, 0.29) is 34.3 Å². The van der Waals surface area contributed by atoms with Crippen LogP contribution in [0.3, 0.4) is 0 Å². The van der Waals surface area contributed by atoms with Gasteiger partial charge in [0, 0.05) is 11.3 Å². The third-order valence-electron chi connectivity index (χ3n) is 5.55. The van der Waals surface area contributed by atoms with Gasteiger partial charge in [0.25, 0.3) is 5.91 Å². The molecule has 2 aromatic carbocycles. The summed E-state index contributed by atoms with van der Waals surface area (Å²) in [6.45, 7) is 2.55. The van der Waals surface area contributed by atoms with E-state index in [1.165, 1.54) is 18.2 Å². The van der Waals surface area contributed by atoms with Crippen LogP contribution >= 0.6 is 0 Å². The molecule has 36 heavy (non-hydrogen) atoms. The lowest BCUT2D eigenvalue weighted by molar-refractivity contribution is -0.142. The summed E-state index contributed by atoms with van der Waals surface area (Å²) in [4.78, 5) is 17.3. The second kappa shape index (κ2) is 9.56. The van der Waals surface area contributed by atoms with E-state index in [9.17, 15) is 26.7 Å². The van der Waals surface area contributed by atoms with Crippen LogP contribution in [-0.4, -0.2) is 27.1 Å². The number of nitrogens with zero attached hydrogens (tertiary/aromatic N) is 3. The molecule has 1 amide bonds. The smallest absolute Gasteiger partial charge is 0.433 e. The largest absolute Gasteiger partial charge is 0.435 e. The van der Waals surface area contributed by atoms with Crippen LogP contribution in [0.5, 0.6) is 5.75 Å².